The van der Waals surface area contributed by atoms with Crippen LogP contribution in [-0.2, 0) is 14.8 Å². The molecule has 0 saturated heterocycles. The fourth-order valence-electron chi connectivity index (χ4n) is 4.78. The normalized spacial score (nSPS) is 21.9. The molecule has 0 fully saturated rings. The number of methoxy groups -OCH3 is 1. The first-order chi connectivity index (χ1) is 19.4. The summed E-state index contributed by atoms with van der Waals surface area (Å²) >= 11 is 0. The Morgan fingerprint density at radius 1 is 1.15 bits per heavy atom. The summed E-state index contributed by atoms with van der Waals surface area (Å²) < 4.78 is 46.5. The Kier molecular flexibility index (Phi) is 11.8. The van der Waals surface area contributed by atoms with Gasteiger partial charge in [-0.3, -0.25) is 9.52 Å². The first kappa shape index (κ1) is 32.7. The zero-order valence-corrected chi connectivity index (χ0v) is 25.8. The minimum atomic E-state index is -3.94. The predicted octanol–water partition coefficient (Wildman–Crippen LogP) is 3.85. The van der Waals surface area contributed by atoms with Crippen LogP contribution in [0.15, 0.2) is 47.4 Å². The number of nitrogens with zero attached hydrogens (tertiary/aromatic N) is 2. The third-order valence-electron chi connectivity index (χ3n) is 7.22. The number of nitrogens with one attached hydrogen (secondary N) is 1. The van der Waals surface area contributed by atoms with E-state index >= 15 is 0 Å². The molecule has 2 aromatic carbocycles. The van der Waals surface area contributed by atoms with Crippen molar-refractivity contribution >= 4 is 21.6 Å². The number of fused-ring (bicyclic) bond motifs is 1. The summed E-state index contributed by atoms with van der Waals surface area (Å²) in [5.74, 6) is 0.526. The Morgan fingerprint density at radius 2 is 1.85 bits per heavy atom. The van der Waals surface area contributed by atoms with Crippen molar-refractivity contribution in [3.8, 4) is 11.5 Å². The fourth-order valence-corrected chi connectivity index (χ4v) is 5.83. The highest BCUT2D eigenvalue weighted by molar-refractivity contribution is 7.92. The molecule has 0 aliphatic carbocycles. The van der Waals surface area contributed by atoms with Crippen molar-refractivity contribution in [2.75, 3.05) is 52.2 Å². The van der Waals surface area contributed by atoms with Gasteiger partial charge >= 0.3 is 0 Å². The van der Waals surface area contributed by atoms with Crippen molar-refractivity contribution in [1.82, 2.24) is 9.80 Å². The van der Waals surface area contributed by atoms with E-state index in [4.69, 9.17) is 14.2 Å². The summed E-state index contributed by atoms with van der Waals surface area (Å²) in [6.45, 7) is 7.21. The molecular weight excluding hydrogens is 546 g/mol. The Bertz CT molecular complexity index is 1240. The van der Waals surface area contributed by atoms with Gasteiger partial charge in [-0.1, -0.05) is 6.92 Å². The van der Waals surface area contributed by atoms with Crippen LogP contribution in [0.4, 0.5) is 5.69 Å². The number of aliphatic hydroxyl groups is 1. The molecule has 2 N–H and O–H groups in total. The molecule has 228 valence electrons. The second kappa shape index (κ2) is 14.9. The number of sulfonamides is 1. The predicted molar refractivity (Wildman–Crippen MR) is 159 cm³/mol. The lowest BCUT2D eigenvalue weighted by molar-refractivity contribution is -0.0137. The quantitative estimate of drug-likeness (QED) is 0.476. The van der Waals surface area contributed by atoms with E-state index in [9.17, 15) is 18.3 Å². The third kappa shape index (κ3) is 9.06. The Labute approximate surface area is 244 Å². The highest BCUT2D eigenvalue weighted by atomic mass is 32.2. The number of carbonyl (C=O) groups excluding carboxylic acids is 1. The van der Waals surface area contributed by atoms with Crippen LogP contribution in [-0.4, -0.2) is 95.0 Å². The van der Waals surface area contributed by atoms with Gasteiger partial charge in [0.25, 0.3) is 15.9 Å². The van der Waals surface area contributed by atoms with Gasteiger partial charge in [-0.15, -0.1) is 0 Å². The van der Waals surface area contributed by atoms with Crippen LogP contribution in [0.1, 0.15) is 50.4 Å². The van der Waals surface area contributed by atoms with Crippen molar-refractivity contribution in [1.29, 1.82) is 0 Å². The van der Waals surface area contributed by atoms with Crippen molar-refractivity contribution in [2.45, 2.75) is 63.2 Å². The fraction of sp³-hybridized carbons (Fsp3) is 0.567. The summed E-state index contributed by atoms with van der Waals surface area (Å²) in [5, 5.41) is 10.1. The number of anilines is 1. The average molecular weight is 592 g/mol. The maximum absolute atomic E-state index is 14.1. The number of aliphatic hydroxyl groups excluding tert-OH is 1. The molecule has 1 aliphatic rings. The van der Waals surface area contributed by atoms with Crippen LogP contribution in [0, 0.1) is 5.92 Å². The number of ether oxygens (including phenoxy) is 3. The molecule has 11 heteroatoms. The second-order valence-electron chi connectivity index (χ2n) is 11.1. The molecular formula is C30H45N3O7S. The van der Waals surface area contributed by atoms with Gasteiger partial charge < -0.3 is 29.1 Å². The van der Waals surface area contributed by atoms with Gasteiger partial charge in [0.05, 0.1) is 42.4 Å². The molecule has 0 aromatic heterocycles. The van der Waals surface area contributed by atoms with Crippen LogP contribution in [0.25, 0.3) is 0 Å². The molecule has 4 atom stereocenters. The molecule has 1 heterocycles. The number of carbonyl (C=O) groups is 1. The summed E-state index contributed by atoms with van der Waals surface area (Å²) in [4.78, 5) is 17.9. The van der Waals surface area contributed by atoms with Gasteiger partial charge in [0.15, 0.2) is 0 Å². The zero-order valence-electron chi connectivity index (χ0n) is 25.0. The lowest BCUT2D eigenvalue weighted by Gasteiger charge is -2.35. The minimum absolute atomic E-state index is 0.0293. The summed E-state index contributed by atoms with van der Waals surface area (Å²) in [6.07, 6.45) is 2.28. The van der Waals surface area contributed by atoms with E-state index in [-0.39, 0.29) is 46.8 Å². The first-order valence-electron chi connectivity index (χ1n) is 14.1. The highest BCUT2D eigenvalue weighted by Crippen LogP contribution is 2.29. The number of likely N-dealkylation sites (N-methyl/N-ethyl adjacent to an activating group) is 1. The van der Waals surface area contributed by atoms with Crippen molar-refractivity contribution in [3.05, 3.63) is 48.0 Å². The molecule has 0 spiro atoms. The second-order valence-corrected chi connectivity index (χ2v) is 12.7. The van der Waals surface area contributed by atoms with Crippen LogP contribution in [0.2, 0.25) is 0 Å². The molecule has 0 radical (unpaired) electrons. The van der Waals surface area contributed by atoms with E-state index in [1.54, 1.807) is 36.1 Å². The molecule has 0 bridgehead atoms. The Balaban J connectivity index is 2.01. The Hall–Kier alpha value is -2.86. The number of hydrogen-bond acceptors (Lipinski definition) is 8. The van der Waals surface area contributed by atoms with Gasteiger partial charge in [-0.2, -0.15) is 0 Å². The third-order valence-corrected chi connectivity index (χ3v) is 8.62. The molecule has 3 rings (SSSR count). The van der Waals surface area contributed by atoms with Crippen molar-refractivity contribution in [2.24, 2.45) is 5.92 Å². The van der Waals surface area contributed by atoms with Crippen LogP contribution in [0.5, 0.6) is 11.5 Å². The SMILES string of the molecule is COc1ccc(S(=O)(=O)Nc2ccc3c(c2)C(=O)N([C@@H](C)CO)C[C@@H](C)[C@@H](CN(C)C)OCCCC[C@H](C)O3)cc1. The lowest BCUT2D eigenvalue weighted by atomic mass is 10.0. The summed E-state index contributed by atoms with van der Waals surface area (Å²) in [5.41, 5.74) is 0.449. The van der Waals surface area contributed by atoms with E-state index in [0.29, 0.717) is 31.2 Å². The van der Waals surface area contributed by atoms with Gasteiger partial charge in [-0.25, -0.2) is 8.42 Å². The van der Waals surface area contributed by atoms with E-state index in [1.165, 1.54) is 25.3 Å². The topological polar surface area (TPSA) is 118 Å². The number of rotatable bonds is 8. The van der Waals surface area contributed by atoms with Gasteiger partial charge in [0.2, 0.25) is 0 Å². The van der Waals surface area contributed by atoms with Crippen molar-refractivity contribution in [3.63, 3.8) is 0 Å². The van der Waals surface area contributed by atoms with E-state index in [0.717, 1.165) is 19.3 Å². The maximum atomic E-state index is 14.1. The zero-order chi connectivity index (χ0) is 30.2. The van der Waals surface area contributed by atoms with Gasteiger partial charge in [0, 0.05) is 31.3 Å². The maximum Gasteiger partial charge on any atom is 0.261 e. The molecule has 10 nitrogen and oxygen atoms in total. The van der Waals surface area contributed by atoms with Crippen LogP contribution in [0.3, 0.4) is 0 Å². The first-order valence-corrected chi connectivity index (χ1v) is 15.6. The monoisotopic (exact) mass is 591 g/mol. The van der Waals surface area contributed by atoms with Gasteiger partial charge in [0.1, 0.15) is 11.5 Å². The Morgan fingerprint density at radius 3 is 2.49 bits per heavy atom. The molecule has 1 amide bonds. The molecule has 0 saturated carbocycles. The molecule has 2 aromatic rings. The summed E-state index contributed by atoms with van der Waals surface area (Å²) in [7, 11) is 1.55. The largest absolute Gasteiger partial charge is 0.497 e. The number of amides is 1. The average Bonchev–Trinajstić information content (AvgIpc) is 2.94. The summed E-state index contributed by atoms with van der Waals surface area (Å²) in [6, 6.07) is 10.3. The molecule has 1 aliphatic heterocycles. The van der Waals surface area contributed by atoms with Gasteiger partial charge in [-0.05, 0) is 89.7 Å². The molecule has 41 heavy (non-hydrogen) atoms. The van der Waals surface area contributed by atoms with E-state index in [2.05, 4.69) is 9.62 Å². The number of benzene rings is 2. The number of hydrogen-bond donors (Lipinski definition) is 2. The van der Waals surface area contributed by atoms with Crippen molar-refractivity contribution < 1.29 is 32.5 Å². The highest BCUT2D eigenvalue weighted by Gasteiger charge is 2.30. The smallest absolute Gasteiger partial charge is 0.261 e. The minimum Gasteiger partial charge on any atom is -0.497 e. The van der Waals surface area contributed by atoms with Crippen LogP contribution >= 0.6 is 0 Å². The van der Waals surface area contributed by atoms with E-state index < -0.39 is 16.1 Å². The molecule has 0 unspecified atom stereocenters. The standard InChI is InChI=1S/C30H45N3O7S/c1-21-18-33(22(2)20-34)30(35)27-17-24(31-41(36,37)26-13-11-25(38-6)12-14-26)10-15-28(27)40-23(3)9-7-8-16-39-29(21)19-32(4)5/h10-15,17,21-23,29,31,34H,7-9,16,18-20H2,1-6H3/t21-,22+,23+,29-/m1/s1. The lowest BCUT2D eigenvalue weighted by Crippen LogP contribution is -2.47. The van der Waals surface area contributed by atoms with E-state index in [1.807, 2.05) is 27.9 Å². The van der Waals surface area contributed by atoms with Crippen LogP contribution < -0.4 is 14.2 Å².